The molecule has 1 heterocycles. The van der Waals surface area contributed by atoms with Crippen LogP contribution in [-0.4, -0.2) is 23.7 Å². The molecule has 1 aliphatic rings. The number of nitrogens with zero attached hydrogens (tertiary/aromatic N) is 1. The molecule has 2 rings (SSSR count). The summed E-state index contributed by atoms with van der Waals surface area (Å²) in [5.74, 6) is -0.787. The van der Waals surface area contributed by atoms with E-state index in [0.717, 1.165) is 36.3 Å². The molecule has 1 aliphatic heterocycles. The molecule has 16 heavy (non-hydrogen) atoms. The number of aryl methyl sites for hydroxylation is 1. The largest absolute Gasteiger partial charge is 0.480 e. The lowest BCUT2D eigenvalue weighted by atomic mass is 9.99. The molecule has 0 saturated carbocycles. The lowest BCUT2D eigenvalue weighted by Gasteiger charge is -2.34. The van der Waals surface area contributed by atoms with Crippen molar-refractivity contribution < 1.29 is 9.90 Å². The molecular weight excluding hydrogens is 204 g/mol. The van der Waals surface area contributed by atoms with Gasteiger partial charge in [0, 0.05) is 17.9 Å². The quantitative estimate of drug-likeness (QED) is 0.741. The smallest absolute Gasteiger partial charge is 0.326 e. The van der Waals surface area contributed by atoms with Gasteiger partial charge in [0.15, 0.2) is 0 Å². The predicted octanol–water partition coefficient (Wildman–Crippen LogP) is 1.49. The summed E-state index contributed by atoms with van der Waals surface area (Å²) in [6.45, 7) is 2.51. The van der Waals surface area contributed by atoms with E-state index in [-0.39, 0.29) is 0 Å². The summed E-state index contributed by atoms with van der Waals surface area (Å²) >= 11 is 0. The highest BCUT2D eigenvalue weighted by atomic mass is 16.4. The zero-order valence-electron chi connectivity index (χ0n) is 9.31. The maximum absolute atomic E-state index is 11.0. The van der Waals surface area contributed by atoms with Crippen LogP contribution in [0.15, 0.2) is 18.2 Å². The van der Waals surface area contributed by atoms with Gasteiger partial charge in [0.25, 0.3) is 0 Å². The van der Waals surface area contributed by atoms with Crippen LogP contribution >= 0.6 is 0 Å². The third-order valence-electron chi connectivity index (χ3n) is 3.08. The fourth-order valence-corrected chi connectivity index (χ4v) is 2.18. The normalized spacial score (nSPS) is 16.7. The van der Waals surface area contributed by atoms with Gasteiger partial charge in [-0.3, -0.25) is 0 Å². The molecule has 0 bridgehead atoms. The van der Waals surface area contributed by atoms with Gasteiger partial charge < -0.3 is 15.7 Å². The second-order valence-corrected chi connectivity index (χ2v) is 4.20. The molecule has 0 amide bonds. The van der Waals surface area contributed by atoms with Crippen molar-refractivity contribution >= 4 is 17.3 Å². The van der Waals surface area contributed by atoms with Gasteiger partial charge in [-0.25, -0.2) is 4.79 Å². The second kappa shape index (κ2) is 4.04. The molecular formula is C12H16N2O2. The number of nitrogens with two attached hydrogens (primary N) is 1. The van der Waals surface area contributed by atoms with Crippen LogP contribution in [-0.2, 0) is 11.2 Å². The summed E-state index contributed by atoms with van der Waals surface area (Å²) in [5, 5.41) is 9.05. The van der Waals surface area contributed by atoms with E-state index in [1.807, 2.05) is 23.1 Å². The van der Waals surface area contributed by atoms with Gasteiger partial charge in [0.1, 0.15) is 6.04 Å². The molecule has 1 aromatic rings. The molecule has 1 aromatic carbocycles. The summed E-state index contributed by atoms with van der Waals surface area (Å²) in [4.78, 5) is 12.9. The van der Waals surface area contributed by atoms with Gasteiger partial charge in [-0.05, 0) is 43.5 Å². The molecule has 0 fully saturated rings. The number of carboxylic acid groups (broad SMARTS) is 1. The highest BCUT2D eigenvalue weighted by Crippen LogP contribution is 2.30. The molecule has 0 saturated heterocycles. The van der Waals surface area contributed by atoms with Gasteiger partial charge >= 0.3 is 5.97 Å². The Morgan fingerprint density at radius 1 is 1.56 bits per heavy atom. The minimum absolute atomic E-state index is 0.484. The van der Waals surface area contributed by atoms with Gasteiger partial charge in [-0.2, -0.15) is 0 Å². The molecule has 4 nitrogen and oxygen atoms in total. The maximum atomic E-state index is 11.0. The Labute approximate surface area is 94.7 Å². The van der Waals surface area contributed by atoms with Crippen LogP contribution in [0.3, 0.4) is 0 Å². The third kappa shape index (κ3) is 1.83. The standard InChI is InChI=1S/C12H16N2O2/c1-8(12(15)16)14-6-2-3-9-7-10(13)4-5-11(9)14/h4-5,7-8H,2-3,6,13H2,1H3,(H,15,16). The number of hydrogen-bond acceptors (Lipinski definition) is 3. The molecule has 4 heteroatoms. The van der Waals surface area contributed by atoms with Gasteiger partial charge in [-0.1, -0.05) is 0 Å². The van der Waals surface area contributed by atoms with Crippen LogP contribution in [0, 0.1) is 0 Å². The summed E-state index contributed by atoms with van der Waals surface area (Å²) in [5.41, 5.74) is 8.63. The van der Waals surface area contributed by atoms with E-state index < -0.39 is 12.0 Å². The van der Waals surface area contributed by atoms with Gasteiger partial charge in [-0.15, -0.1) is 0 Å². The van der Waals surface area contributed by atoms with Crippen molar-refractivity contribution in [1.82, 2.24) is 0 Å². The first kappa shape index (κ1) is 10.8. The van der Waals surface area contributed by atoms with Crippen molar-refractivity contribution in [3.8, 4) is 0 Å². The zero-order valence-corrected chi connectivity index (χ0v) is 9.31. The van der Waals surface area contributed by atoms with Crippen LogP contribution in [0.5, 0.6) is 0 Å². The first-order valence-electron chi connectivity index (χ1n) is 5.47. The Morgan fingerprint density at radius 3 is 3.00 bits per heavy atom. The van der Waals surface area contributed by atoms with E-state index in [9.17, 15) is 4.79 Å². The number of nitrogen functional groups attached to an aromatic ring is 1. The van der Waals surface area contributed by atoms with Crippen LogP contribution in [0.1, 0.15) is 18.9 Å². The molecule has 0 spiro atoms. The first-order valence-corrected chi connectivity index (χ1v) is 5.47. The Morgan fingerprint density at radius 2 is 2.31 bits per heavy atom. The van der Waals surface area contributed by atoms with Crippen molar-refractivity contribution in [3.05, 3.63) is 23.8 Å². The van der Waals surface area contributed by atoms with E-state index in [2.05, 4.69) is 0 Å². The maximum Gasteiger partial charge on any atom is 0.326 e. The van der Waals surface area contributed by atoms with Crippen molar-refractivity contribution in [2.45, 2.75) is 25.8 Å². The van der Waals surface area contributed by atoms with Crippen LogP contribution < -0.4 is 10.6 Å². The number of aliphatic carboxylic acids is 1. The zero-order chi connectivity index (χ0) is 11.7. The monoisotopic (exact) mass is 220 g/mol. The number of hydrogen-bond donors (Lipinski definition) is 2. The lowest BCUT2D eigenvalue weighted by molar-refractivity contribution is -0.138. The fourth-order valence-electron chi connectivity index (χ4n) is 2.18. The summed E-state index contributed by atoms with van der Waals surface area (Å²) < 4.78 is 0. The first-order chi connectivity index (χ1) is 7.59. The van der Waals surface area contributed by atoms with Crippen molar-refractivity contribution in [1.29, 1.82) is 0 Å². The predicted molar refractivity (Wildman–Crippen MR) is 63.6 cm³/mol. The van der Waals surface area contributed by atoms with E-state index in [0.29, 0.717) is 0 Å². The van der Waals surface area contributed by atoms with Gasteiger partial charge in [0.2, 0.25) is 0 Å². The molecule has 1 unspecified atom stereocenters. The second-order valence-electron chi connectivity index (χ2n) is 4.20. The average Bonchev–Trinajstić information content (AvgIpc) is 2.26. The number of benzene rings is 1. The van der Waals surface area contributed by atoms with Crippen LogP contribution in [0.2, 0.25) is 0 Å². The molecule has 0 radical (unpaired) electrons. The minimum atomic E-state index is -0.787. The summed E-state index contributed by atoms with van der Waals surface area (Å²) in [6, 6.07) is 5.20. The average molecular weight is 220 g/mol. The minimum Gasteiger partial charge on any atom is -0.480 e. The van der Waals surface area contributed by atoms with Gasteiger partial charge in [0.05, 0.1) is 0 Å². The Hall–Kier alpha value is -1.71. The number of carbonyl (C=O) groups is 1. The third-order valence-corrected chi connectivity index (χ3v) is 3.08. The molecule has 1 atom stereocenters. The van der Waals surface area contributed by atoms with Crippen molar-refractivity contribution in [2.75, 3.05) is 17.2 Å². The Kier molecular flexibility index (Phi) is 2.73. The van der Waals surface area contributed by atoms with Crippen molar-refractivity contribution in [2.24, 2.45) is 0 Å². The molecule has 0 aliphatic carbocycles. The van der Waals surface area contributed by atoms with E-state index >= 15 is 0 Å². The number of fused-ring (bicyclic) bond motifs is 1. The summed E-state index contributed by atoms with van der Waals surface area (Å²) in [7, 11) is 0. The molecule has 0 aromatic heterocycles. The topological polar surface area (TPSA) is 66.6 Å². The van der Waals surface area contributed by atoms with E-state index in [1.54, 1.807) is 6.92 Å². The fraction of sp³-hybridized carbons (Fsp3) is 0.417. The number of anilines is 2. The summed E-state index contributed by atoms with van der Waals surface area (Å²) in [6.07, 6.45) is 1.96. The highest BCUT2D eigenvalue weighted by molar-refractivity contribution is 5.79. The molecule has 3 N–H and O–H groups in total. The lowest BCUT2D eigenvalue weighted by Crippen LogP contribution is -2.42. The van der Waals surface area contributed by atoms with E-state index in [4.69, 9.17) is 10.8 Å². The number of rotatable bonds is 2. The highest BCUT2D eigenvalue weighted by Gasteiger charge is 2.25. The van der Waals surface area contributed by atoms with Crippen molar-refractivity contribution in [3.63, 3.8) is 0 Å². The number of carboxylic acids is 1. The van der Waals surface area contributed by atoms with Crippen LogP contribution in [0.4, 0.5) is 11.4 Å². The Balaban J connectivity index is 2.36. The van der Waals surface area contributed by atoms with E-state index in [1.165, 1.54) is 0 Å². The van der Waals surface area contributed by atoms with Crippen LogP contribution in [0.25, 0.3) is 0 Å². The molecule has 86 valence electrons. The Bertz CT molecular complexity index is 417. The SMILES string of the molecule is CC(C(=O)O)N1CCCc2cc(N)ccc21.